The van der Waals surface area contributed by atoms with Gasteiger partial charge in [0.15, 0.2) is 12.6 Å². The summed E-state index contributed by atoms with van der Waals surface area (Å²) in [7, 11) is 0. The minimum atomic E-state index is -1.91. The molecule has 1 amide bonds. The molecule has 1 atom stereocenters. The van der Waals surface area contributed by atoms with E-state index in [-0.39, 0.29) is 24.5 Å². The van der Waals surface area contributed by atoms with Gasteiger partial charge in [-0.1, -0.05) is 60.7 Å². The Hall–Kier alpha value is -3.62. The minimum Gasteiger partial charge on any atom is -0.453 e. The molecule has 0 saturated carbocycles. The topological polar surface area (TPSA) is 101 Å². The number of quaternary nitrogens is 1. The molecule has 35 heavy (non-hydrogen) atoms. The van der Waals surface area contributed by atoms with Crippen molar-refractivity contribution in [1.29, 1.82) is 0 Å². The van der Waals surface area contributed by atoms with Crippen LogP contribution < -0.4 is 5.32 Å². The van der Waals surface area contributed by atoms with Crippen molar-refractivity contribution in [2.24, 2.45) is 5.92 Å². The fourth-order valence-corrected chi connectivity index (χ4v) is 5.41. The van der Waals surface area contributed by atoms with Crippen LogP contribution in [0.2, 0.25) is 0 Å². The van der Waals surface area contributed by atoms with Gasteiger partial charge in [0.1, 0.15) is 18.7 Å². The van der Waals surface area contributed by atoms with Gasteiger partial charge in [-0.05, 0) is 17.2 Å². The van der Waals surface area contributed by atoms with Crippen molar-refractivity contribution in [3.8, 4) is 0 Å². The Balaban J connectivity index is 1.34. The maximum Gasteiger partial charge on any atom is 0.348 e. The number of ether oxygens (including phenoxy) is 1. The molecule has 0 aliphatic carbocycles. The third-order valence-electron chi connectivity index (χ3n) is 7.31. The Morgan fingerprint density at radius 3 is 2.20 bits per heavy atom. The van der Waals surface area contributed by atoms with E-state index in [0.29, 0.717) is 28.0 Å². The number of hydrogen-bond donors (Lipinski definition) is 2. The second kappa shape index (κ2) is 9.56. The van der Waals surface area contributed by atoms with E-state index in [1.54, 1.807) is 60.8 Å². The van der Waals surface area contributed by atoms with Crippen molar-refractivity contribution in [3.63, 3.8) is 0 Å². The molecular weight excluding hydrogens is 444 g/mol. The lowest BCUT2D eigenvalue weighted by Crippen LogP contribution is -2.66. The third-order valence-corrected chi connectivity index (χ3v) is 7.31. The average Bonchev–Trinajstić information content (AvgIpc) is 2.90. The molecule has 0 spiro atoms. The highest BCUT2D eigenvalue weighted by Gasteiger charge is 2.51. The molecule has 4 heterocycles. The number of aromatic nitrogens is 2. The summed E-state index contributed by atoms with van der Waals surface area (Å²) in [4.78, 5) is 34.3. The lowest BCUT2D eigenvalue weighted by molar-refractivity contribution is -0.939. The van der Waals surface area contributed by atoms with Crippen LogP contribution in [0.5, 0.6) is 0 Å². The van der Waals surface area contributed by atoms with Gasteiger partial charge in [0.05, 0.1) is 13.1 Å². The summed E-state index contributed by atoms with van der Waals surface area (Å²) < 4.78 is 6.62. The first-order valence-corrected chi connectivity index (χ1v) is 11.9. The van der Waals surface area contributed by atoms with Crippen LogP contribution in [0.1, 0.15) is 24.0 Å². The van der Waals surface area contributed by atoms with Gasteiger partial charge in [-0.2, -0.15) is 0 Å². The normalized spacial score (nSPS) is 23.5. The Bertz CT molecular complexity index is 1130. The third kappa shape index (κ3) is 4.67. The Morgan fingerprint density at radius 2 is 1.63 bits per heavy atom. The number of anilines is 1. The predicted molar refractivity (Wildman–Crippen MR) is 129 cm³/mol. The van der Waals surface area contributed by atoms with Crippen LogP contribution in [-0.4, -0.2) is 63.7 Å². The molecule has 2 bridgehead atoms. The summed E-state index contributed by atoms with van der Waals surface area (Å²) in [6.07, 6.45) is 4.35. The Labute approximate surface area is 204 Å². The van der Waals surface area contributed by atoms with Gasteiger partial charge in [-0.3, -0.25) is 4.79 Å². The van der Waals surface area contributed by atoms with E-state index in [0.717, 1.165) is 25.9 Å². The molecule has 180 valence electrons. The molecule has 6 rings (SSSR count). The van der Waals surface area contributed by atoms with E-state index >= 15 is 0 Å². The first-order chi connectivity index (χ1) is 17.0. The van der Waals surface area contributed by atoms with Crippen LogP contribution in [0, 0.1) is 5.92 Å². The quantitative estimate of drug-likeness (QED) is 0.404. The highest BCUT2D eigenvalue weighted by Crippen LogP contribution is 2.38. The van der Waals surface area contributed by atoms with Crippen LogP contribution in [-0.2, 0) is 19.9 Å². The van der Waals surface area contributed by atoms with Gasteiger partial charge in [-0.25, -0.2) is 14.8 Å². The molecule has 8 heteroatoms. The standard InChI is InChI=1S/C27H28N4O4/c32-25(30-24-11-14-28-19-29-24)18-31-15-12-20(13-16-31)23(17-31)35-26(33)27(34,21-7-3-1-4-8-21)22-9-5-2-6-10-22/h1-11,14,19-20,23,34H,12-13,15-18H2/p+1/t20?,23-,31?/m0/s1. The Kier molecular flexibility index (Phi) is 6.32. The predicted octanol–water partition coefficient (Wildman–Crippen LogP) is 2.50. The lowest BCUT2D eigenvalue weighted by atomic mass is 9.82. The van der Waals surface area contributed by atoms with Gasteiger partial charge in [0.2, 0.25) is 5.60 Å². The Morgan fingerprint density at radius 1 is 1.00 bits per heavy atom. The summed E-state index contributed by atoms with van der Waals surface area (Å²) in [5.41, 5.74) is -0.986. The summed E-state index contributed by atoms with van der Waals surface area (Å²) in [6.45, 7) is 2.55. The average molecular weight is 474 g/mol. The van der Waals surface area contributed by atoms with Crippen molar-refractivity contribution in [2.75, 3.05) is 31.5 Å². The molecule has 8 nitrogen and oxygen atoms in total. The van der Waals surface area contributed by atoms with Crippen LogP contribution in [0.15, 0.2) is 79.3 Å². The fourth-order valence-electron chi connectivity index (χ4n) is 5.41. The number of esters is 1. The number of rotatable bonds is 7. The molecule has 3 saturated heterocycles. The first-order valence-electron chi connectivity index (χ1n) is 11.9. The molecular formula is C27H29N4O4+. The number of nitrogens with one attached hydrogen (secondary N) is 1. The van der Waals surface area contributed by atoms with Crippen molar-refractivity contribution < 1.29 is 23.9 Å². The second-order valence-corrected chi connectivity index (χ2v) is 9.50. The largest absolute Gasteiger partial charge is 0.453 e. The van der Waals surface area contributed by atoms with Gasteiger partial charge < -0.3 is 19.6 Å². The number of piperidine rings is 3. The summed E-state index contributed by atoms with van der Waals surface area (Å²) in [6, 6.07) is 19.4. The molecule has 3 aromatic rings. The van der Waals surface area contributed by atoms with Gasteiger partial charge in [-0.15, -0.1) is 0 Å². The molecule has 3 aliphatic rings. The van der Waals surface area contributed by atoms with E-state index < -0.39 is 11.6 Å². The van der Waals surface area contributed by atoms with Crippen molar-refractivity contribution >= 4 is 17.7 Å². The zero-order valence-electron chi connectivity index (χ0n) is 19.4. The molecule has 2 N–H and O–H groups in total. The maximum absolute atomic E-state index is 13.6. The van der Waals surface area contributed by atoms with E-state index in [2.05, 4.69) is 15.3 Å². The SMILES string of the molecule is O=C(C[N+]12CCC(CC1)[C@@H](OC(=O)C(O)(c1ccccc1)c1ccccc1)C2)Nc1ccncn1. The zero-order valence-corrected chi connectivity index (χ0v) is 19.4. The maximum atomic E-state index is 13.6. The highest BCUT2D eigenvalue weighted by molar-refractivity contribution is 5.90. The summed E-state index contributed by atoms with van der Waals surface area (Å²) >= 11 is 0. The van der Waals surface area contributed by atoms with Gasteiger partial charge >= 0.3 is 5.97 Å². The zero-order chi connectivity index (χ0) is 24.3. The number of nitrogens with zero attached hydrogens (tertiary/aromatic N) is 3. The van der Waals surface area contributed by atoms with E-state index in [1.807, 2.05) is 12.1 Å². The number of fused-ring (bicyclic) bond motifs is 3. The smallest absolute Gasteiger partial charge is 0.348 e. The molecule has 3 aliphatic heterocycles. The lowest BCUT2D eigenvalue weighted by Gasteiger charge is -2.51. The fraction of sp³-hybridized carbons (Fsp3) is 0.333. The van der Waals surface area contributed by atoms with Crippen molar-refractivity contribution in [1.82, 2.24) is 9.97 Å². The van der Waals surface area contributed by atoms with E-state index in [1.165, 1.54) is 6.33 Å². The molecule has 0 radical (unpaired) electrons. The van der Waals surface area contributed by atoms with Crippen LogP contribution >= 0.6 is 0 Å². The van der Waals surface area contributed by atoms with Crippen LogP contribution in [0.3, 0.4) is 0 Å². The highest BCUT2D eigenvalue weighted by atomic mass is 16.6. The molecule has 0 unspecified atom stereocenters. The number of amides is 1. The van der Waals surface area contributed by atoms with Crippen LogP contribution in [0.4, 0.5) is 5.82 Å². The number of carbonyl (C=O) groups excluding carboxylic acids is 2. The number of aliphatic hydroxyl groups is 1. The van der Waals surface area contributed by atoms with Gasteiger partial charge in [0, 0.05) is 25.0 Å². The van der Waals surface area contributed by atoms with Gasteiger partial charge in [0.25, 0.3) is 5.91 Å². The molecule has 2 aromatic carbocycles. The monoisotopic (exact) mass is 473 g/mol. The second-order valence-electron chi connectivity index (χ2n) is 9.50. The van der Waals surface area contributed by atoms with Crippen molar-refractivity contribution in [2.45, 2.75) is 24.5 Å². The first kappa shape index (κ1) is 23.1. The summed E-state index contributed by atoms with van der Waals surface area (Å²) in [5, 5.41) is 14.6. The summed E-state index contributed by atoms with van der Waals surface area (Å²) in [5.74, 6) is -0.120. The van der Waals surface area contributed by atoms with Crippen LogP contribution in [0.25, 0.3) is 0 Å². The molecule has 1 aromatic heterocycles. The van der Waals surface area contributed by atoms with E-state index in [4.69, 9.17) is 4.74 Å². The van der Waals surface area contributed by atoms with E-state index in [9.17, 15) is 14.7 Å². The van der Waals surface area contributed by atoms with Crippen molar-refractivity contribution in [3.05, 3.63) is 90.4 Å². The number of carbonyl (C=O) groups is 2. The molecule has 3 fully saturated rings. The minimum absolute atomic E-state index is 0.126. The number of benzene rings is 2. The number of hydrogen-bond acceptors (Lipinski definition) is 6.